The van der Waals surface area contributed by atoms with Gasteiger partial charge >= 0.3 is 0 Å². The molecule has 0 aromatic carbocycles. The molecule has 2 aromatic heterocycles. The van der Waals surface area contributed by atoms with Crippen LogP contribution in [0.1, 0.15) is 31.2 Å². The summed E-state index contributed by atoms with van der Waals surface area (Å²) in [5.41, 5.74) is 6.82. The molecular formula is C15H22N6. The number of guanidine groups is 1. The lowest BCUT2D eigenvalue weighted by atomic mass is 10.3. The molecule has 0 saturated heterocycles. The zero-order valence-corrected chi connectivity index (χ0v) is 12.6. The molecule has 0 radical (unpaired) electrons. The molecule has 2 aromatic rings. The number of hydrogen-bond donors (Lipinski definition) is 2. The number of aromatic nitrogens is 3. The summed E-state index contributed by atoms with van der Waals surface area (Å²) >= 11 is 0. The quantitative estimate of drug-likeness (QED) is 0.482. The fourth-order valence-electron chi connectivity index (χ4n) is 1.90. The van der Waals surface area contributed by atoms with E-state index in [1.165, 1.54) is 0 Å². The number of nitrogens with two attached hydrogens (primary N) is 1. The highest BCUT2D eigenvalue weighted by molar-refractivity contribution is 5.77. The lowest BCUT2D eigenvalue weighted by Gasteiger charge is -2.06. The van der Waals surface area contributed by atoms with Crippen molar-refractivity contribution >= 4 is 5.96 Å². The van der Waals surface area contributed by atoms with Crippen molar-refractivity contribution in [1.29, 1.82) is 0 Å². The fourth-order valence-corrected chi connectivity index (χ4v) is 1.90. The van der Waals surface area contributed by atoms with E-state index in [2.05, 4.69) is 27.2 Å². The summed E-state index contributed by atoms with van der Waals surface area (Å²) in [6.45, 7) is 5.48. The number of nitrogens with zero attached hydrogens (tertiary/aromatic N) is 4. The van der Waals surface area contributed by atoms with E-state index in [0.29, 0.717) is 12.5 Å². The molecule has 0 atom stereocenters. The SMILES string of the molecule is CCCCNC(N)=NCc1ccc(-n2ccnc2C)nc1. The summed E-state index contributed by atoms with van der Waals surface area (Å²) in [6.07, 6.45) is 7.71. The van der Waals surface area contributed by atoms with E-state index in [1.54, 1.807) is 6.20 Å². The van der Waals surface area contributed by atoms with Crippen LogP contribution in [-0.2, 0) is 6.54 Å². The van der Waals surface area contributed by atoms with Crippen molar-refractivity contribution in [3.05, 3.63) is 42.1 Å². The molecule has 0 bridgehead atoms. The number of nitrogens with one attached hydrogen (secondary N) is 1. The first-order valence-corrected chi connectivity index (χ1v) is 7.19. The molecular weight excluding hydrogens is 264 g/mol. The zero-order chi connectivity index (χ0) is 15.1. The van der Waals surface area contributed by atoms with Crippen LogP contribution < -0.4 is 11.1 Å². The number of aliphatic imine (C=N–C) groups is 1. The van der Waals surface area contributed by atoms with Gasteiger partial charge < -0.3 is 11.1 Å². The van der Waals surface area contributed by atoms with Gasteiger partial charge in [0.15, 0.2) is 5.96 Å². The van der Waals surface area contributed by atoms with E-state index in [-0.39, 0.29) is 0 Å². The van der Waals surface area contributed by atoms with Gasteiger partial charge in [0.05, 0.1) is 6.54 Å². The number of pyridine rings is 1. The lowest BCUT2D eigenvalue weighted by Crippen LogP contribution is -2.32. The van der Waals surface area contributed by atoms with Crippen LogP contribution in [0.25, 0.3) is 5.82 Å². The molecule has 0 fully saturated rings. The largest absolute Gasteiger partial charge is 0.370 e. The highest BCUT2D eigenvalue weighted by Crippen LogP contribution is 2.08. The van der Waals surface area contributed by atoms with Gasteiger partial charge in [0, 0.05) is 25.1 Å². The van der Waals surface area contributed by atoms with E-state index in [1.807, 2.05) is 36.0 Å². The third-order valence-electron chi connectivity index (χ3n) is 3.15. The van der Waals surface area contributed by atoms with Crippen LogP contribution in [0.3, 0.4) is 0 Å². The molecule has 3 N–H and O–H groups in total. The van der Waals surface area contributed by atoms with Gasteiger partial charge in [-0.15, -0.1) is 0 Å². The smallest absolute Gasteiger partial charge is 0.188 e. The number of rotatable bonds is 6. The minimum Gasteiger partial charge on any atom is -0.370 e. The maximum absolute atomic E-state index is 5.80. The van der Waals surface area contributed by atoms with Gasteiger partial charge in [-0.3, -0.25) is 4.57 Å². The average Bonchev–Trinajstić information content (AvgIpc) is 2.92. The molecule has 0 aliphatic heterocycles. The second-order valence-electron chi connectivity index (χ2n) is 4.85. The Balaban J connectivity index is 1.94. The Hall–Kier alpha value is -2.37. The number of hydrogen-bond acceptors (Lipinski definition) is 3. The molecule has 2 heterocycles. The predicted octanol–water partition coefficient (Wildman–Crippen LogP) is 1.78. The van der Waals surface area contributed by atoms with Gasteiger partial charge in [0.1, 0.15) is 11.6 Å². The highest BCUT2D eigenvalue weighted by Gasteiger charge is 2.01. The first-order valence-electron chi connectivity index (χ1n) is 7.19. The molecule has 0 aliphatic carbocycles. The zero-order valence-electron chi connectivity index (χ0n) is 12.6. The van der Waals surface area contributed by atoms with E-state index >= 15 is 0 Å². The van der Waals surface area contributed by atoms with Crippen LogP contribution in [0.5, 0.6) is 0 Å². The van der Waals surface area contributed by atoms with Crippen molar-refractivity contribution in [2.45, 2.75) is 33.2 Å². The summed E-state index contributed by atoms with van der Waals surface area (Å²) in [6, 6.07) is 3.96. The third kappa shape index (κ3) is 4.30. The Bertz CT molecular complexity index is 584. The molecule has 0 saturated carbocycles. The molecule has 0 aliphatic rings. The topological polar surface area (TPSA) is 81.1 Å². The van der Waals surface area contributed by atoms with Crippen molar-refractivity contribution in [3.63, 3.8) is 0 Å². The number of unbranched alkanes of at least 4 members (excludes halogenated alkanes) is 1. The van der Waals surface area contributed by atoms with Crippen LogP contribution in [0.2, 0.25) is 0 Å². The van der Waals surface area contributed by atoms with Crippen LogP contribution in [0.15, 0.2) is 35.7 Å². The first-order chi connectivity index (χ1) is 10.2. The van der Waals surface area contributed by atoms with Gasteiger partial charge in [0.25, 0.3) is 0 Å². The Labute approximate surface area is 125 Å². The first kappa shape index (κ1) is 15.0. The van der Waals surface area contributed by atoms with Crippen LogP contribution in [-0.4, -0.2) is 27.0 Å². The Morgan fingerprint density at radius 1 is 1.38 bits per heavy atom. The second-order valence-corrected chi connectivity index (χ2v) is 4.85. The van der Waals surface area contributed by atoms with Gasteiger partial charge in [-0.2, -0.15) is 0 Å². The molecule has 6 heteroatoms. The van der Waals surface area contributed by atoms with Gasteiger partial charge in [-0.05, 0) is 25.0 Å². The Morgan fingerprint density at radius 3 is 2.86 bits per heavy atom. The maximum Gasteiger partial charge on any atom is 0.188 e. The van der Waals surface area contributed by atoms with Crippen molar-refractivity contribution in [1.82, 2.24) is 19.9 Å². The van der Waals surface area contributed by atoms with E-state index in [9.17, 15) is 0 Å². The third-order valence-corrected chi connectivity index (χ3v) is 3.15. The van der Waals surface area contributed by atoms with Crippen LogP contribution >= 0.6 is 0 Å². The molecule has 0 amide bonds. The molecule has 112 valence electrons. The molecule has 0 unspecified atom stereocenters. The van der Waals surface area contributed by atoms with Crippen molar-refractivity contribution in [2.75, 3.05) is 6.54 Å². The molecule has 6 nitrogen and oxygen atoms in total. The van der Waals surface area contributed by atoms with E-state index in [4.69, 9.17) is 5.73 Å². The van der Waals surface area contributed by atoms with Crippen molar-refractivity contribution < 1.29 is 0 Å². The van der Waals surface area contributed by atoms with E-state index in [0.717, 1.165) is 36.6 Å². The van der Waals surface area contributed by atoms with E-state index < -0.39 is 0 Å². The van der Waals surface area contributed by atoms with Crippen molar-refractivity contribution in [2.24, 2.45) is 10.7 Å². The maximum atomic E-state index is 5.80. The lowest BCUT2D eigenvalue weighted by molar-refractivity contribution is 0.748. The molecule has 2 rings (SSSR count). The van der Waals surface area contributed by atoms with Crippen molar-refractivity contribution in [3.8, 4) is 5.82 Å². The molecule has 21 heavy (non-hydrogen) atoms. The summed E-state index contributed by atoms with van der Waals surface area (Å²) in [7, 11) is 0. The normalized spacial score (nSPS) is 11.6. The number of aryl methyl sites for hydroxylation is 1. The van der Waals surface area contributed by atoms with Crippen LogP contribution in [0.4, 0.5) is 0 Å². The second kappa shape index (κ2) is 7.42. The fraction of sp³-hybridized carbons (Fsp3) is 0.400. The summed E-state index contributed by atoms with van der Waals surface area (Å²) in [5, 5.41) is 3.09. The Kier molecular flexibility index (Phi) is 5.31. The highest BCUT2D eigenvalue weighted by atomic mass is 15.1. The summed E-state index contributed by atoms with van der Waals surface area (Å²) in [5.74, 6) is 2.25. The van der Waals surface area contributed by atoms with Gasteiger partial charge in [0.2, 0.25) is 0 Å². The summed E-state index contributed by atoms with van der Waals surface area (Å²) in [4.78, 5) is 12.9. The number of imidazole rings is 1. The minimum atomic E-state index is 0.484. The average molecular weight is 286 g/mol. The van der Waals surface area contributed by atoms with Crippen LogP contribution in [0, 0.1) is 6.92 Å². The molecule has 0 spiro atoms. The Morgan fingerprint density at radius 2 is 2.24 bits per heavy atom. The van der Waals surface area contributed by atoms with Gasteiger partial charge in [-0.25, -0.2) is 15.0 Å². The monoisotopic (exact) mass is 286 g/mol. The van der Waals surface area contributed by atoms with Gasteiger partial charge in [-0.1, -0.05) is 19.4 Å². The standard InChI is InChI=1S/C15H22N6/c1-3-4-7-18-15(16)20-11-13-5-6-14(19-10-13)21-9-8-17-12(21)2/h5-6,8-10H,3-4,7,11H2,1-2H3,(H3,16,18,20). The predicted molar refractivity (Wildman–Crippen MR) is 84.3 cm³/mol. The minimum absolute atomic E-state index is 0.484. The summed E-state index contributed by atoms with van der Waals surface area (Å²) < 4.78 is 1.94.